The van der Waals surface area contributed by atoms with Crippen LogP contribution in [0, 0.1) is 0 Å². The second-order valence-corrected chi connectivity index (χ2v) is 5.29. The van der Waals surface area contributed by atoms with E-state index in [0.29, 0.717) is 32.8 Å². The molecule has 0 spiro atoms. The highest BCUT2D eigenvalue weighted by atomic mass is 16.6. The number of nitrogens with zero attached hydrogens (tertiary/aromatic N) is 2. The molecule has 1 atom stereocenters. The number of carbonyl (C=O) groups is 3. The van der Waals surface area contributed by atoms with Crippen molar-refractivity contribution < 1.29 is 19.1 Å². The molecule has 0 saturated carbocycles. The Morgan fingerprint density at radius 1 is 1.14 bits per heavy atom. The first-order valence-electron chi connectivity index (χ1n) is 7.70. The molecule has 126 valence electrons. The maximum atomic E-state index is 11.8. The Morgan fingerprint density at radius 2 is 1.77 bits per heavy atom. The number of urea groups is 1. The molecule has 0 aromatic carbocycles. The summed E-state index contributed by atoms with van der Waals surface area (Å²) in [5.74, 6) is -0.342. The number of piperazine rings is 1. The zero-order valence-corrected chi connectivity index (χ0v) is 13.6. The molecule has 8 heteroatoms. The van der Waals surface area contributed by atoms with Crippen LogP contribution in [-0.2, 0) is 9.53 Å². The minimum Gasteiger partial charge on any atom is -0.450 e. The lowest BCUT2D eigenvalue weighted by Crippen LogP contribution is -2.52. The minimum atomic E-state index is -0.468. The van der Waals surface area contributed by atoms with Gasteiger partial charge in [-0.05, 0) is 20.3 Å². The Kier molecular flexibility index (Phi) is 7.65. The zero-order valence-electron chi connectivity index (χ0n) is 13.6. The molecule has 1 aliphatic heterocycles. The van der Waals surface area contributed by atoms with E-state index in [4.69, 9.17) is 4.74 Å². The van der Waals surface area contributed by atoms with Crippen molar-refractivity contribution in [2.45, 2.75) is 33.2 Å². The van der Waals surface area contributed by atoms with Crippen molar-refractivity contribution in [3.05, 3.63) is 0 Å². The quantitative estimate of drug-likeness (QED) is 0.766. The van der Waals surface area contributed by atoms with Gasteiger partial charge in [0.25, 0.3) is 0 Å². The van der Waals surface area contributed by atoms with Gasteiger partial charge in [0.2, 0.25) is 5.91 Å². The predicted octanol–water partition coefficient (Wildman–Crippen LogP) is 0.385. The van der Waals surface area contributed by atoms with Crippen molar-refractivity contribution in [1.82, 2.24) is 20.4 Å². The summed E-state index contributed by atoms with van der Waals surface area (Å²) >= 11 is 0. The Hall–Kier alpha value is -1.83. The number of nitrogens with one attached hydrogen (secondary N) is 2. The lowest BCUT2D eigenvalue weighted by Gasteiger charge is -2.33. The third kappa shape index (κ3) is 6.30. The first-order valence-corrected chi connectivity index (χ1v) is 7.70. The van der Waals surface area contributed by atoms with Crippen LogP contribution in [0.2, 0.25) is 0 Å². The molecular formula is C14H26N4O4. The van der Waals surface area contributed by atoms with Crippen molar-refractivity contribution in [2.24, 2.45) is 0 Å². The number of hydrogen-bond acceptors (Lipinski definition) is 5. The van der Waals surface area contributed by atoms with E-state index in [-0.39, 0.29) is 24.6 Å². The van der Waals surface area contributed by atoms with Crippen molar-refractivity contribution in [3.63, 3.8) is 0 Å². The van der Waals surface area contributed by atoms with Crippen LogP contribution in [0.3, 0.4) is 0 Å². The number of amides is 4. The van der Waals surface area contributed by atoms with E-state index in [1.54, 1.807) is 11.8 Å². The van der Waals surface area contributed by atoms with Crippen LogP contribution < -0.4 is 10.6 Å². The highest BCUT2D eigenvalue weighted by Gasteiger charge is 2.23. The summed E-state index contributed by atoms with van der Waals surface area (Å²) in [6.45, 7) is 8.30. The van der Waals surface area contributed by atoms with Gasteiger partial charge in [-0.1, -0.05) is 6.92 Å². The Labute approximate surface area is 131 Å². The summed E-state index contributed by atoms with van der Waals surface area (Å²) in [5, 5.41) is 4.99. The second-order valence-electron chi connectivity index (χ2n) is 5.29. The molecule has 1 fully saturated rings. The fourth-order valence-corrected chi connectivity index (χ4v) is 2.03. The maximum Gasteiger partial charge on any atom is 0.409 e. The van der Waals surface area contributed by atoms with Gasteiger partial charge in [0.1, 0.15) is 0 Å². The Bertz CT molecular complexity index is 394. The average molecular weight is 314 g/mol. The fourth-order valence-electron chi connectivity index (χ4n) is 2.03. The topological polar surface area (TPSA) is 91.0 Å². The van der Waals surface area contributed by atoms with Crippen molar-refractivity contribution in [1.29, 1.82) is 0 Å². The minimum absolute atomic E-state index is 0.0286. The number of ether oxygens (including phenoxy) is 1. The Morgan fingerprint density at radius 3 is 2.32 bits per heavy atom. The van der Waals surface area contributed by atoms with E-state index in [2.05, 4.69) is 10.6 Å². The van der Waals surface area contributed by atoms with E-state index in [1.807, 2.05) is 18.7 Å². The van der Waals surface area contributed by atoms with Gasteiger partial charge in [0, 0.05) is 32.2 Å². The Balaban J connectivity index is 2.27. The van der Waals surface area contributed by atoms with E-state index in [0.717, 1.165) is 6.42 Å². The summed E-state index contributed by atoms with van der Waals surface area (Å²) in [5.41, 5.74) is 0. The summed E-state index contributed by atoms with van der Waals surface area (Å²) < 4.78 is 4.93. The van der Waals surface area contributed by atoms with Gasteiger partial charge >= 0.3 is 12.1 Å². The summed E-state index contributed by atoms with van der Waals surface area (Å²) in [6.07, 6.45) is 0.483. The lowest BCUT2D eigenvalue weighted by atomic mass is 10.3. The molecule has 1 rings (SSSR count). The van der Waals surface area contributed by atoms with Gasteiger partial charge in [0.15, 0.2) is 0 Å². The molecule has 0 unspecified atom stereocenters. The maximum absolute atomic E-state index is 11.8. The van der Waals surface area contributed by atoms with Crippen molar-refractivity contribution in [2.75, 3.05) is 39.3 Å². The monoisotopic (exact) mass is 314 g/mol. The van der Waals surface area contributed by atoms with E-state index < -0.39 is 6.03 Å². The molecule has 0 radical (unpaired) electrons. The van der Waals surface area contributed by atoms with Gasteiger partial charge in [-0.15, -0.1) is 0 Å². The summed E-state index contributed by atoms with van der Waals surface area (Å²) in [4.78, 5) is 38.4. The fraction of sp³-hybridized carbons (Fsp3) is 0.786. The van der Waals surface area contributed by atoms with Crippen LogP contribution in [0.25, 0.3) is 0 Å². The van der Waals surface area contributed by atoms with Gasteiger partial charge < -0.3 is 15.0 Å². The van der Waals surface area contributed by atoms with E-state index in [9.17, 15) is 14.4 Å². The highest BCUT2D eigenvalue weighted by molar-refractivity contribution is 5.95. The van der Waals surface area contributed by atoms with Gasteiger partial charge in [-0.3, -0.25) is 15.0 Å². The third-order valence-corrected chi connectivity index (χ3v) is 3.51. The molecule has 0 bridgehead atoms. The smallest absolute Gasteiger partial charge is 0.409 e. The van der Waals surface area contributed by atoms with Crippen molar-refractivity contribution >= 4 is 18.0 Å². The van der Waals surface area contributed by atoms with Crippen LogP contribution in [0.5, 0.6) is 0 Å². The molecule has 22 heavy (non-hydrogen) atoms. The van der Waals surface area contributed by atoms with Gasteiger partial charge in [0.05, 0.1) is 13.2 Å². The van der Waals surface area contributed by atoms with Crippen LogP contribution in [0.15, 0.2) is 0 Å². The standard InChI is InChI=1S/C14H26N4O4/c1-4-11(3)15-13(20)16-12(19)10-17-6-8-18(9-7-17)14(21)22-5-2/h11H,4-10H2,1-3H3,(H2,15,16,19,20)/t11-/m1/s1. The van der Waals surface area contributed by atoms with Crippen LogP contribution in [0.1, 0.15) is 27.2 Å². The zero-order chi connectivity index (χ0) is 16.5. The normalized spacial score (nSPS) is 16.8. The third-order valence-electron chi connectivity index (χ3n) is 3.51. The number of imide groups is 1. The molecule has 0 aromatic heterocycles. The van der Waals surface area contributed by atoms with Crippen molar-refractivity contribution in [3.8, 4) is 0 Å². The van der Waals surface area contributed by atoms with Crippen LogP contribution in [-0.4, -0.2) is 73.2 Å². The largest absolute Gasteiger partial charge is 0.450 e. The molecule has 1 saturated heterocycles. The van der Waals surface area contributed by atoms with Crippen LogP contribution >= 0.6 is 0 Å². The van der Waals surface area contributed by atoms with E-state index in [1.165, 1.54) is 0 Å². The molecule has 1 aliphatic rings. The number of hydrogen-bond donors (Lipinski definition) is 2. The van der Waals surface area contributed by atoms with Gasteiger partial charge in [-0.2, -0.15) is 0 Å². The average Bonchev–Trinajstić information content (AvgIpc) is 2.47. The van der Waals surface area contributed by atoms with E-state index >= 15 is 0 Å². The highest BCUT2D eigenvalue weighted by Crippen LogP contribution is 2.03. The number of carbonyl (C=O) groups excluding carboxylic acids is 3. The SMILES string of the molecule is CCOC(=O)N1CCN(CC(=O)NC(=O)N[C@H](C)CC)CC1. The molecule has 1 heterocycles. The number of rotatable bonds is 5. The molecule has 0 aromatic rings. The molecule has 0 aliphatic carbocycles. The molecule has 8 nitrogen and oxygen atoms in total. The van der Waals surface area contributed by atoms with Crippen LogP contribution in [0.4, 0.5) is 9.59 Å². The predicted molar refractivity (Wildman–Crippen MR) is 81.5 cm³/mol. The molecule has 4 amide bonds. The first-order chi connectivity index (χ1) is 10.5. The summed E-state index contributed by atoms with van der Waals surface area (Å²) in [7, 11) is 0. The molecular weight excluding hydrogens is 288 g/mol. The lowest BCUT2D eigenvalue weighted by molar-refractivity contribution is -0.121. The van der Waals surface area contributed by atoms with Gasteiger partial charge in [-0.25, -0.2) is 9.59 Å². The first kappa shape index (κ1) is 18.2. The second kappa shape index (κ2) is 9.24. The molecule has 2 N–H and O–H groups in total. The summed E-state index contributed by atoms with van der Waals surface area (Å²) in [6, 6.07) is -0.439.